The Morgan fingerprint density at radius 3 is 2.81 bits per heavy atom. The topological polar surface area (TPSA) is 60.2 Å². The molecule has 0 spiro atoms. The molecule has 6 heteroatoms. The van der Waals surface area contributed by atoms with Crippen LogP contribution in [-0.4, -0.2) is 16.7 Å². The van der Waals surface area contributed by atoms with Crippen LogP contribution in [0, 0.1) is 0 Å². The molecule has 0 saturated carbocycles. The van der Waals surface area contributed by atoms with Gasteiger partial charge < -0.3 is 4.52 Å². The van der Waals surface area contributed by atoms with E-state index in [0.717, 1.165) is 0 Å². The van der Waals surface area contributed by atoms with Gasteiger partial charge in [-0.1, -0.05) is 28.9 Å². The van der Waals surface area contributed by atoms with Crippen molar-refractivity contribution in [2.75, 3.05) is 0 Å². The van der Waals surface area contributed by atoms with Gasteiger partial charge in [0.2, 0.25) is 17.3 Å². The van der Waals surface area contributed by atoms with Crippen LogP contribution in [0.4, 0.5) is 0 Å². The van der Waals surface area contributed by atoms with E-state index in [4.69, 9.17) is 16.1 Å². The highest BCUT2D eigenvalue weighted by Crippen LogP contribution is 2.36. The summed E-state index contributed by atoms with van der Waals surface area (Å²) < 4.78 is 5.13. The number of carbonyl (C=O) groups excluding carboxylic acids is 2. The number of halogens is 1. The first-order valence-corrected chi connectivity index (χ1v) is 7.35. The van der Waals surface area contributed by atoms with Crippen LogP contribution in [0.15, 0.2) is 40.2 Å². The number of thiophene rings is 1. The van der Waals surface area contributed by atoms with E-state index >= 15 is 0 Å². The Kier molecular flexibility index (Phi) is 2.60. The minimum Gasteiger partial charge on any atom is -0.351 e. The second-order valence-electron chi connectivity index (χ2n) is 4.57. The van der Waals surface area contributed by atoms with Crippen LogP contribution >= 0.6 is 22.9 Å². The van der Waals surface area contributed by atoms with E-state index < -0.39 is 0 Å². The zero-order valence-electron chi connectivity index (χ0n) is 10.4. The second kappa shape index (κ2) is 4.38. The van der Waals surface area contributed by atoms with Crippen LogP contribution in [-0.2, 0) is 0 Å². The predicted molar refractivity (Wildman–Crippen MR) is 78.1 cm³/mol. The molecule has 0 fully saturated rings. The van der Waals surface area contributed by atoms with Crippen LogP contribution in [0.2, 0.25) is 5.02 Å². The minimum atomic E-state index is -0.304. The first-order chi connectivity index (χ1) is 10.2. The van der Waals surface area contributed by atoms with Crippen molar-refractivity contribution in [1.29, 1.82) is 0 Å². The molecular formula is C15H6ClNO3S. The van der Waals surface area contributed by atoms with Crippen LogP contribution < -0.4 is 0 Å². The summed E-state index contributed by atoms with van der Waals surface area (Å²) in [6.45, 7) is 0. The molecule has 2 aromatic heterocycles. The quantitative estimate of drug-likeness (QED) is 0.535. The first-order valence-electron chi connectivity index (χ1n) is 6.09. The van der Waals surface area contributed by atoms with Gasteiger partial charge in [0.1, 0.15) is 11.3 Å². The van der Waals surface area contributed by atoms with E-state index in [1.54, 1.807) is 35.7 Å². The number of fused-ring (bicyclic) bond motifs is 2. The monoisotopic (exact) mass is 315 g/mol. The third-order valence-electron chi connectivity index (χ3n) is 3.34. The Morgan fingerprint density at radius 1 is 1.14 bits per heavy atom. The lowest BCUT2D eigenvalue weighted by atomic mass is 9.92. The molecule has 1 aliphatic rings. The molecule has 0 unspecified atom stereocenters. The molecule has 0 atom stereocenters. The number of nitrogens with zero attached hydrogens (tertiary/aromatic N) is 1. The van der Waals surface area contributed by atoms with Gasteiger partial charge in [0, 0.05) is 16.1 Å². The maximum atomic E-state index is 12.6. The molecule has 0 amide bonds. The fraction of sp³-hybridized carbons (Fsp3) is 0. The van der Waals surface area contributed by atoms with Gasteiger partial charge in [-0.3, -0.25) is 9.59 Å². The largest absolute Gasteiger partial charge is 0.351 e. The third-order valence-corrected chi connectivity index (χ3v) is 4.49. The van der Waals surface area contributed by atoms with E-state index in [2.05, 4.69) is 5.16 Å². The van der Waals surface area contributed by atoms with E-state index in [1.165, 1.54) is 11.3 Å². The predicted octanol–water partition coefficient (Wildman–Crippen LogP) is 3.83. The molecule has 0 radical (unpaired) electrons. The lowest BCUT2D eigenvalue weighted by Crippen LogP contribution is -2.17. The van der Waals surface area contributed by atoms with Crippen molar-refractivity contribution in [2.24, 2.45) is 0 Å². The van der Waals surface area contributed by atoms with Crippen molar-refractivity contribution >= 4 is 34.5 Å². The van der Waals surface area contributed by atoms with Crippen LogP contribution in [0.1, 0.15) is 31.4 Å². The van der Waals surface area contributed by atoms with Crippen molar-refractivity contribution in [3.63, 3.8) is 0 Å². The zero-order valence-corrected chi connectivity index (χ0v) is 12.0. The number of hydrogen-bond acceptors (Lipinski definition) is 5. The van der Waals surface area contributed by atoms with Crippen LogP contribution in [0.25, 0.3) is 11.3 Å². The molecule has 4 nitrogen and oxygen atoms in total. The highest BCUT2D eigenvalue weighted by atomic mass is 35.5. The van der Waals surface area contributed by atoms with Crippen molar-refractivity contribution in [3.05, 3.63) is 62.5 Å². The summed E-state index contributed by atoms with van der Waals surface area (Å²) in [6.07, 6.45) is 0. The zero-order chi connectivity index (χ0) is 14.6. The van der Waals surface area contributed by atoms with Gasteiger partial charge in [0.15, 0.2) is 0 Å². The molecule has 21 heavy (non-hydrogen) atoms. The Hall–Kier alpha value is -2.24. The lowest BCUT2D eigenvalue weighted by Gasteiger charge is -2.08. The number of rotatable bonds is 1. The molecule has 0 aliphatic heterocycles. The molecule has 0 N–H and O–H groups in total. The standard InChI is InChI=1S/C15H6ClNO3S/c16-8-3-1-2-7(6-8)11-10-13(19)15-9(4-5-21-15)12(18)14(10)20-17-11/h1-6H. The molecule has 2 heterocycles. The Bertz CT molecular complexity index is 909. The molecule has 1 aromatic carbocycles. The van der Waals surface area contributed by atoms with Crippen molar-refractivity contribution < 1.29 is 14.1 Å². The van der Waals surface area contributed by atoms with Crippen molar-refractivity contribution in [2.45, 2.75) is 0 Å². The van der Waals surface area contributed by atoms with Gasteiger partial charge in [-0.05, 0) is 23.6 Å². The molecule has 3 aromatic rings. The second-order valence-corrected chi connectivity index (χ2v) is 5.92. The molecule has 1 aliphatic carbocycles. The fourth-order valence-corrected chi connectivity index (χ4v) is 3.42. The van der Waals surface area contributed by atoms with Crippen LogP contribution in [0.5, 0.6) is 0 Å². The van der Waals surface area contributed by atoms with Crippen LogP contribution in [0.3, 0.4) is 0 Å². The number of benzene rings is 1. The van der Waals surface area contributed by atoms with Gasteiger partial charge in [-0.2, -0.15) is 0 Å². The van der Waals surface area contributed by atoms with E-state index in [9.17, 15) is 9.59 Å². The molecule has 102 valence electrons. The number of aromatic nitrogens is 1. The summed E-state index contributed by atoms with van der Waals surface area (Å²) in [4.78, 5) is 25.3. The molecule has 0 bridgehead atoms. The summed E-state index contributed by atoms with van der Waals surface area (Å²) in [5.74, 6) is -0.534. The van der Waals surface area contributed by atoms with E-state index in [-0.39, 0.29) is 22.9 Å². The fourth-order valence-electron chi connectivity index (χ4n) is 2.39. The summed E-state index contributed by atoms with van der Waals surface area (Å²) in [5, 5.41) is 6.15. The first kappa shape index (κ1) is 12.5. The van der Waals surface area contributed by atoms with Crippen molar-refractivity contribution in [1.82, 2.24) is 5.16 Å². The highest BCUT2D eigenvalue weighted by molar-refractivity contribution is 7.12. The van der Waals surface area contributed by atoms with Gasteiger partial charge in [0.05, 0.1) is 4.88 Å². The average molecular weight is 316 g/mol. The molecule has 4 rings (SSSR count). The third kappa shape index (κ3) is 1.71. The normalized spacial score (nSPS) is 13.2. The summed E-state index contributed by atoms with van der Waals surface area (Å²) in [7, 11) is 0. The maximum Gasteiger partial charge on any atom is 0.233 e. The Balaban J connectivity index is 1.97. The smallest absolute Gasteiger partial charge is 0.233 e. The van der Waals surface area contributed by atoms with Gasteiger partial charge in [-0.25, -0.2) is 0 Å². The number of carbonyl (C=O) groups is 2. The maximum absolute atomic E-state index is 12.6. The van der Waals surface area contributed by atoms with Gasteiger partial charge in [-0.15, -0.1) is 11.3 Å². The van der Waals surface area contributed by atoms with Gasteiger partial charge in [0.25, 0.3) is 0 Å². The van der Waals surface area contributed by atoms with E-state index in [0.29, 0.717) is 26.7 Å². The Morgan fingerprint density at radius 2 is 2.00 bits per heavy atom. The number of ketones is 2. The minimum absolute atomic E-state index is 0.000811. The average Bonchev–Trinajstić information content (AvgIpc) is 3.12. The Labute approximate surface area is 128 Å². The molecular weight excluding hydrogens is 310 g/mol. The van der Waals surface area contributed by atoms with Crippen molar-refractivity contribution in [3.8, 4) is 11.3 Å². The SMILES string of the molecule is O=C1c2ccsc2C(=O)c2c(-c3cccc(Cl)c3)noc21. The summed E-state index contributed by atoms with van der Waals surface area (Å²) in [6, 6.07) is 8.56. The van der Waals surface area contributed by atoms with E-state index in [1.807, 2.05) is 0 Å². The number of hydrogen-bond donors (Lipinski definition) is 0. The summed E-state index contributed by atoms with van der Waals surface area (Å²) >= 11 is 7.21. The van der Waals surface area contributed by atoms with Gasteiger partial charge >= 0.3 is 0 Å². The molecule has 0 saturated heterocycles. The highest BCUT2D eigenvalue weighted by Gasteiger charge is 2.37. The lowest BCUT2D eigenvalue weighted by molar-refractivity contribution is 0.0958. The summed E-state index contributed by atoms with van der Waals surface area (Å²) in [5.41, 5.74) is 1.60.